The third-order valence-electron chi connectivity index (χ3n) is 1.59. The maximum atomic E-state index is 11.2. The van der Waals surface area contributed by atoms with Crippen LogP contribution in [0, 0.1) is 0 Å². The summed E-state index contributed by atoms with van der Waals surface area (Å²) in [6.07, 6.45) is -0.783. The van der Waals surface area contributed by atoms with Crippen molar-refractivity contribution in [1.82, 2.24) is 5.32 Å². The van der Waals surface area contributed by atoms with Gasteiger partial charge < -0.3 is 10.1 Å². The number of imide groups is 1. The number of nitrogens with one attached hydrogen (secondary N) is 2. The van der Waals surface area contributed by atoms with Crippen molar-refractivity contribution in [2.75, 3.05) is 11.9 Å². The van der Waals surface area contributed by atoms with Crippen LogP contribution in [0.1, 0.15) is 6.92 Å². The fourth-order valence-electron chi connectivity index (χ4n) is 0.955. The lowest BCUT2D eigenvalue weighted by Crippen LogP contribution is -2.34. The van der Waals surface area contributed by atoms with Gasteiger partial charge in [-0.25, -0.2) is 14.9 Å². The predicted octanol–water partition coefficient (Wildman–Crippen LogP) is 2.62. The van der Waals surface area contributed by atoms with E-state index < -0.39 is 12.1 Å². The molecule has 3 amide bonds. The second-order valence-electron chi connectivity index (χ2n) is 2.81. The summed E-state index contributed by atoms with van der Waals surface area (Å²) in [6.45, 7) is 1.86. The maximum Gasteiger partial charge on any atom is 0.415 e. The lowest BCUT2D eigenvalue weighted by molar-refractivity contribution is 0.154. The Hall–Kier alpha value is -1.75. The molecule has 2 N–H and O–H groups in total. The highest BCUT2D eigenvalue weighted by Crippen LogP contribution is 2.12. The van der Waals surface area contributed by atoms with Gasteiger partial charge in [-0.05, 0) is 31.2 Å². The van der Waals surface area contributed by atoms with Crippen LogP contribution in [-0.2, 0) is 4.74 Å². The van der Waals surface area contributed by atoms with Gasteiger partial charge in [-0.3, -0.25) is 0 Å². The monoisotopic (exact) mass is 242 g/mol. The number of urea groups is 1. The molecule has 0 unspecified atom stereocenters. The minimum Gasteiger partial charge on any atom is -0.450 e. The van der Waals surface area contributed by atoms with Gasteiger partial charge in [0.15, 0.2) is 0 Å². The van der Waals surface area contributed by atoms with E-state index in [0.717, 1.165) is 0 Å². The summed E-state index contributed by atoms with van der Waals surface area (Å²) in [6, 6.07) is 5.84. The molecule has 1 rings (SSSR count). The summed E-state index contributed by atoms with van der Waals surface area (Å²) in [7, 11) is 0. The average molecular weight is 243 g/mol. The molecule has 1 aromatic carbocycles. The third kappa shape index (κ3) is 4.18. The van der Waals surface area contributed by atoms with Gasteiger partial charge >= 0.3 is 12.1 Å². The van der Waals surface area contributed by atoms with Crippen LogP contribution < -0.4 is 10.6 Å². The number of ether oxygens (including phenoxy) is 1. The van der Waals surface area contributed by atoms with Gasteiger partial charge in [0, 0.05) is 10.7 Å². The van der Waals surface area contributed by atoms with Crippen LogP contribution in [0.5, 0.6) is 0 Å². The molecule has 0 aliphatic carbocycles. The number of rotatable bonds is 2. The van der Waals surface area contributed by atoms with Gasteiger partial charge in [-0.1, -0.05) is 11.6 Å². The Bertz CT molecular complexity index is 378. The van der Waals surface area contributed by atoms with Crippen molar-refractivity contribution in [2.45, 2.75) is 6.92 Å². The van der Waals surface area contributed by atoms with Crippen LogP contribution in [0.4, 0.5) is 15.3 Å². The Morgan fingerprint density at radius 3 is 2.50 bits per heavy atom. The zero-order valence-electron chi connectivity index (χ0n) is 8.62. The highest BCUT2D eigenvalue weighted by atomic mass is 35.5. The predicted molar refractivity (Wildman–Crippen MR) is 60.6 cm³/mol. The number of anilines is 1. The topological polar surface area (TPSA) is 67.4 Å². The van der Waals surface area contributed by atoms with Crippen molar-refractivity contribution in [3.05, 3.63) is 29.3 Å². The molecule has 0 radical (unpaired) electrons. The van der Waals surface area contributed by atoms with E-state index in [2.05, 4.69) is 10.1 Å². The first-order chi connectivity index (χ1) is 7.61. The van der Waals surface area contributed by atoms with Gasteiger partial charge in [0.2, 0.25) is 0 Å². The van der Waals surface area contributed by atoms with Crippen molar-refractivity contribution >= 4 is 29.4 Å². The van der Waals surface area contributed by atoms with Gasteiger partial charge in [-0.15, -0.1) is 0 Å². The number of alkyl carbamates (subject to hydrolysis) is 1. The molecule has 0 fully saturated rings. The Labute approximate surface area is 97.7 Å². The van der Waals surface area contributed by atoms with E-state index in [1.807, 2.05) is 5.32 Å². The van der Waals surface area contributed by atoms with Gasteiger partial charge in [0.05, 0.1) is 6.61 Å². The summed E-state index contributed by atoms with van der Waals surface area (Å²) in [5.41, 5.74) is 0.534. The molecular formula is C10H11ClN2O3. The first-order valence-electron chi connectivity index (χ1n) is 4.62. The molecule has 0 aromatic heterocycles. The molecule has 0 heterocycles. The number of hydrogen-bond donors (Lipinski definition) is 2. The Morgan fingerprint density at radius 2 is 1.94 bits per heavy atom. The van der Waals surface area contributed by atoms with E-state index in [0.29, 0.717) is 10.7 Å². The molecule has 16 heavy (non-hydrogen) atoms. The number of hydrogen-bond acceptors (Lipinski definition) is 3. The number of carbonyl (C=O) groups is 2. The lowest BCUT2D eigenvalue weighted by atomic mass is 10.3. The van der Waals surface area contributed by atoms with Crippen molar-refractivity contribution in [3.8, 4) is 0 Å². The first-order valence-corrected chi connectivity index (χ1v) is 5.00. The van der Waals surface area contributed by atoms with E-state index in [9.17, 15) is 9.59 Å². The van der Waals surface area contributed by atoms with E-state index in [1.165, 1.54) is 0 Å². The molecule has 0 aliphatic heterocycles. The molecule has 0 spiro atoms. The minimum atomic E-state index is -0.783. The van der Waals surface area contributed by atoms with E-state index in [-0.39, 0.29) is 6.61 Å². The molecule has 0 atom stereocenters. The minimum absolute atomic E-state index is 0.208. The summed E-state index contributed by atoms with van der Waals surface area (Å²) < 4.78 is 4.54. The van der Waals surface area contributed by atoms with E-state index in [1.54, 1.807) is 31.2 Å². The molecule has 0 saturated heterocycles. The summed E-state index contributed by atoms with van der Waals surface area (Å²) >= 11 is 5.67. The van der Waals surface area contributed by atoms with Gasteiger partial charge in [0.1, 0.15) is 0 Å². The van der Waals surface area contributed by atoms with E-state index in [4.69, 9.17) is 11.6 Å². The fraction of sp³-hybridized carbons (Fsp3) is 0.200. The Kier molecular flexibility index (Phi) is 4.60. The molecule has 5 nitrogen and oxygen atoms in total. The lowest BCUT2D eigenvalue weighted by Gasteiger charge is -2.06. The molecule has 86 valence electrons. The van der Waals surface area contributed by atoms with Crippen molar-refractivity contribution in [2.24, 2.45) is 0 Å². The molecule has 6 heteroatoms. The second-order valence-corrected chi connectivity index (χ2v) is 3.24. The molecular weight excluding hydrogens is 232 g/mol. The fourth-order valence-corrected chi connectivity index (χ4v) is 1.08. The second kappa shape index (κ2) is 5.97. The highest BCUT2D eigenvalue weighted by Gasteiger charge is 2.07. The molecule has 0 bridgehead atoms. The normalized spacial score (nSPS) is 9.38. The largest absolute Gasteiger partial charge is 0.450 e. The Balaban J connectivity index is 2.45. The SMILES string of the molecule is CCOC(=O)NC(=O)Nc1ccc(Cl)cc1. The van der Waals surface area contributed by atoms with Crippen molar-refractivity contribution < 1.29 is 14.3 Å². The first kappa shape index (κ1) is 12.3. The van der Waals surface area contributed by atoms with Gasteiger partial charge in [0.25, 0.3) is 0 Å². The summed E-state index contributed by atoms with van der Waals surface area (Å²) in [4.78, 5) is 22.1. The Morgan fingerprint density at radius 1 is 1.31 bits per heavy atom. The quantitative estimate of drug-likeness (QED) is 0.838. The van der Waals surface area contributed by atoms with Crippen molar-refractivity contribution in [3.63, 3.8) is 0 Å². The maximum absolute atomic E-state index is 11.2. The molecule has 0 aliphatic rings. The number of carbonyl (C=O) groups excluding carboxylic acids is 2. The average Bonchev–Trinajstić information content (AvgIpc) is 2.21. The van der Waals surface area contributed by atoms with Crippen LogP contribution in [0.2, 0.25) is 5.02 Å². The summed E-state index contributed by atoms with van der Waals surface area (Å²) in [5.74, 6) is 0. The van der Waals surface area contributed by atoms with Gasteiger partial charge in [-0.2, -0.15) is 0 Å². The molecule has 1 aromatic rings. The number of halogens is 1. The standard InChI is InChI=1S/C10H11ClN2O3/c1-2-16-10(15)13-9(14)12-8-5-3-7(11)4-6-8/h3-6H,2H2,1H3,(H2,12,13,14,15). The highest BCUT2D eigenvalue weighted by molar-refractivity contribution is 6.30. The third-order valence-corrected chi connectivity index (χ3v) is 1.85. The zero-order valence-corrected chi connectivity index (χ0v) is 9.38. The smallest absolute Gasteiger partial charge is 0.415 e. The van der Waals surface area contributed by atoms with Crippen LogP contribution in [-0.4, -0.2) is 18.7 Å². The van der Waals surface area contributed by atoms with Crippen LogP contribution >= 0.6 is 11.6 Å². The number of amides is 3. The van der Waals surface area contributed by atoms with Crippen molar-refractivity contribution in [1.29, 1.82) is 0 Å². The van der Waals surface area contributed by atoms with E-state index >= 15 is 0 Å². The number of benzene rings is 1. The zero-order chi connectivity index (χ0) is 12.0. The van der Waals surface area contributed by atoms with Crippen LogP contribution in [0.3, 0.4) is 0 Å². The van der Waals surface area contributed by atoms with Crippen LogP contribution in [0.15, 0.2) is 24.3 Å². The molecule has 0 saturated carbocycles. The van der Waals surface area contributed by atoms with Crippen LogP contribution in [0.25, 0.3) is 0 Å². The summed E-state index contributed by atoms with van der Waals surface area (Å²) in [5, 5.41) is 5.01.